The van der Waals surface area contributed by atoms with Crippen LogP contribution in [0.1, 0.15) is 17.0 Å². The molecule has 0 spiro atoms. The number of carbonyl (C=O) groups is 2. The van der Waals surface area contributed by atoms with Crippen LogP contribution in [0.2, 0.25) is 0 Å². The Balaban J connectivity index is 2.20. The topological polar surface area (TPSA) is 119 Å². The predicted octanol–water partition coefficient (Wildman–Crippen LogP) is -1.54. The Bertz CT molecular complexity index is 404. The summed E-state index contributed by atoms with van der Waals surface area (Å²) in [7, 11) is 0. The van der Waals surface area contributed by atoms with Gasteiger partial charge in [-0.05, 0) is 0 Å². The van der Waals surface area contributed by atoms with Crippen molar-refractivity contribution in [1.82, 2.24) is 20.1 Å². The molecule has 8 heteroatoms. The molecule has 2 heterocycles. The number of likely N-dealkylation sites (tertiary alicyclic amines) is 1. The number of carboxylic acids is 1. The number of aliphatic hydroxyl groups excluding tert-OH is 1. The largest absolute Gasteiger partial charge is 0.480 e. The van der Waals surface area contributed by atoms with Gasteiger partial charge in [-0.2, -0.15) is 5.10 Å². The molecule has 3 N–H and O–H groups in total. The third-order valence-corrected chi connectivity index (χ3v) is 2.44. The van der Waals surface area contributed by atoms with Crippen LogP contribution in [0.4, 0.5) is 0 Å². The molecule has 2 rings (SSSR count). The number of carboxylic acid groups (broad SMARTS) is 1. The molecule has 1 amide bonds. The van der Waals surface area contributed by atoms with Crippen molar-refractivity contribution >= 4 is 11.9 Å². The van der Waals surface area contributed by atoms with Gasteiger partial charge in [0.1, 0.15) is 12.4 Å². The van der Waals surface area contributed by atoms with Crippen LogP contribution in [-0.2, 0) is 4.79 Å². The van der Waals surface area contributed by atoms with E-state index in [0.29, 0.717) is 0 Å². The number of rotatable bonds is 2. The third kappa shape index (κ3) is 1.74. The number of aromatic nitrogens is 3. The molecule has 0 bridgehead atoms. The van der Waals surface area contributed by atoms with E-state index in [1.165, 1.54) is 0 Å². The minimum atomic E-state index is -1.13. The van der Waals surface area contributed by atoms with Crippen LogP contribution < -0.4 is 0 Å². The lowest BCUT2D eigenvalue weighted by Crippen LogP contribution is -2.41. The van der Waals surface area contributed by atoms with Gasteiger partial charge in [0.05, 0.1) is 6.10 Å². The number of aromatic amines is 1. The number of H-pyrrole nitrogens is 1. The highest BCUT2D eigenvalue weighted by atomic mass is 16.4. The summed E-state index contributed by atoms with van der Waals surface area (Å²) in [5.41, 5.74) is 0. The molecule has 8 nitrogen and oxygen atoms in total. The van der Waals surface area contributed by atoms with Crippen LogP contribution in [-0.4, -0.2) is 60.9 Å². The molecule has 1 fully saturated rings. The van der Waals surface area contributed by atoms with Crippen molar-refractivity contribution in [2.24, 2.45) is 0 Å². The number of hydrogen-bond acceptors (Lipinski definition) is 5. The van der Waals surface area contributed by atoms with Crippen molar-refractivity contribution in [3.05, 3.63) is 12.2 Å². The highest BCUT2D eigenvalue weighted by Crippen LogP contribution is 2.19. The minimum absolute atomic E-state index is 0.00347. The van der Waals surface area contributed by atoms with Crippen molar-refractivity contribution in [2.75, 3.05) is 6.54 Å². The molecule has 1 aromatic heterocycles. The standard InChI is InChI=1S/C8H10N4O4/c13-4-1-5(8(15)16)12(2-4)7(14)6-9-3-10-11-6/h3-5,13H,1-2H2,(H,15,16)(H,9,10,11)/t4-,5-/m1/s1. The monoisotopic (exact) mass is 226 g/mol. The molecule has 1 saturated heterocycles. The van der Waals surface area contributed by atoms with Crippen molar-refractivity contribution in [1.29, 1.82) is 0 Å². The fraction of sp³-hybridized carbons (Fsp3) is 0.500. The molecule has 0 saturated carbocycles. The normalized spacial score (nSPS) is 24.7. The van der Waals surface area contributed by atoms with Crippen LogP contribution >= 0.6 is 0 Å². The SMILES string of the molecule is O=C(O)[C@H]1C[C@@H](O)CN1C(=O)c1ncn[nH]1. The zero-order chi connectivity index (χ0) is 11.7. The number of β-amino-alcohol motifs (C(OH)–C–C–N with tert-alkyl or cyclic N) is 1. The van der Waals surface area contributed by atoms with Gasteiger partial charge in [-0.25, -0.2) is 9.78 Å². The number of carbonyl (C=O) groups excluding carboxylic acids is 1. The second kappa shape index (κ2) is 3.89. The summed E-state index contributed by atoms with van der Waals surface area (Å²) in [4.78, 5) is 27.4. The quantitative estimate of drug-likeness (QED) is 0.562. The summed E-state index contributed by atoms with van der Waals surface area (Å²) in [6, 6.07) is -1.01. The van der Waals surface area contributed by atoms with E-state index >= 15 is 0 Å². The first-order valence-corrected chi connectivity index (χ1v) is 4.67. The summed E-state index contributed by atoms with van der Waals surface area (Å²) in [5, 5.41) is 24.1. The maximum atomic E-state index is 11.8. The first-order valence-electron chi connectivity index (χ1n) is 4.67. The summed E-state index contributed by atoms with van der Waals surface area (Å²) >= 11 is 0. The van der Waals surface area contributed by atoms with Gasteiger partial charge in [-0.15, -0.1) is 0 Å². The molecule has 0 unspecified atom stereocenters. The zero-order valence-electron chi connectivity index (χ0n) is 8.20. The number of nitrogens with one attached hydrogen (secondary N) is 1. The molecule has 2 atom stereocenters. The van der Waals surface area contributed by atoms with Crippen LogP contribution in [0, 0.1) is 0 Å². The predicted molar refractivity (Wildman–Crippen MR) is 49.5 cm³/mol. The lowest BCUT2D eigenvalue weighted by Gasteiger charge is -2.19. The Morgan fingerprint density at radius 2 is 2.31 bits per heavy atom. The van der Waals surface area contributed by atoms with E-state index in [4.69, 9.17) is 5.11 Å². The molecule has 1 aliphatic rings. The van der Waals surface area contributed by atoms with E-state index < -0.39 is 24.0 Å². The van der Waals surface area contributed by atoms with Crippen molar-refractivity contribution < 1.29 is 19.8 Å². The Labute approximate surface area is 89.9 Å². The van der Waals surface area contributed by atoms with Gasteiger partial charge in [0, 0.05) is 13.0 Å². The van der Waals surface area contributed by atoms with Gasteiger partial charge >= 0.3 is 5.97 Å². The van der Waals surface area contributed by atoms with E-state index in [-0.39, 0.29) is 18.8 Å². The van der Waals surface area contributed by atoms with Crippen LogP contribution in [0.5, 0.6) is 0 Å². The molecule has 0 radical (unpaired) electrons. The summed E-state index contributed by atoms with van der Waals surface area (Å²) in [5.74, 6) is -1.73. The van der Waals surface area contributed by atoms with Crippen LogP contribution in [0.15, 0.2) is 6.33 Å². The average molecular weight is 226 g/mol. The maximum Gasteiger partial charge on any atom is 0.326 e. The van der Waals surface area contributed by atoms with Crippen molar-refractivity contribution in [3.63, 3.8) is 0 Å². The Kier molecular flexibility index (Phi) is 2.57. The molecular formula is C8H10N4O4. The second-order valence-electron chi connectivity index (χ2n) is 3.54. The first kappa shape index (κ1) is 10.6. The highest BCUT2D eigenvalue weighted by Gasteiger charge is 2.39. The summed E-state index contributed by atoms with van der Waals surface area (Å²) in [6.45, 7) is -0.00347. The van der Waals surface area contributed by atoms with Gasteiger partial charge in [0.15, 0.2) is 0 Å². The Morgan fingerprint density at radius 3 is 2.88 bits per heavy atom. The molecular weight excluding hydrogens is 216 g/mol. The first-order chi connectivity index (χ1) is 7.59. The molecule has 1 aliphatic heterocycles. The molecule has 86 valence electrons. The number of aliphatic carboxylic acids is 1. The molecule has 16 heavy (non-hydrogen) atoms. The van der Waals surface area contributed by atoms with Gasteiger partial charge in [-0.1, -0.05) is 0 Å². The van der Waals surface area contributed by atoms with E-state index in [0.717, 1.165) is 11.2 Å². The zero-order valence-corrected chi connectivity index (χ0v) is 8.20. The second-order valence-corrected chi connectivity index (χ2v) is 3.54. The fourth-order valence-electron chi connectivity index (χ4n) is 1.72. The lowest BCUT2D eigenvalue weighted by atomic mass is 10.2. The number of aliphatic hydroxyl groups is 1. The molecule has 1 aromatic rings. The smallest absolute Gasteiger partial charge is 0.326 e. The van der Waals surface area contributed by atoms with Gasteiger partial charge in [0.25, 0.3) is 5.91 Å². The van der Waals surface area contributed by atoms with Gasteiger partial charge in [-0.3, -0.25) is 9.89 Å². The summed E-state index contributed by atoms with van der Waals surface area (Å²) < 4.78 is 0. The van der Waals surface area contributed by atoms with Crippen LogP contribution in [0.3, 0.4) is 0 Å². The van der Waals surface area contributed by atoms with Crippen LogP contribution in [0.25, 0.3) is 0 Å². The number of nitrogens with zero attached hydrogens (tertiary/aromatic N) is 3. The van der Waals surface area contributed by atoms with E-state index in [9.17, 15) is 14.7 Å². The minimum Gasteiger partial charge on any atom is -0.480 e. The molecule has 0 aliphatic carbocycles. The highest BCUT2D eigenvalue weighted by molar-refractivity contribution is 5.93. The Morgan fingerprint density at radius 1 is 1.56 bits per heavy atom. The van der Waals surface area contributed by atoms with Gasteiger partial charge in [0.2, 0.25) is 5.82 Å². The van der Waals surface area contributed by atoms with Crippen molar-refractivity contribution in [2.45, 2.75) is 18.6 Å². The van der Waals surface area contributed by atoms with E-state index in [1.807, 2.05) is 0 Å². The molecule has 0 aromatic carbocycles. The number of amides is 1. The summed E-state index contributed by atoms with van der Waals surface area (Å²) in [6.07, 6.45) is 0.387. The van der Waals surface area contributed by atoms with Crippen molar-refractivity contribution in [3.8, 4) is 0 Å². The van der Waals surface area contributed by atoms with Gasteiger partial charge < -0.3 is 15.1 Å². The van der Waals surface area contributed by atoms with E-state index in [2.05, 4.69) is 15.2 Å². The fourth-order valence-corrected chi connectivity index (χ4v) is 1.72. The third-order valence-electron chi connectivity index (χ3n) is 2.44. The average Bonchev–Trinajstić information content (AvgIpc) is 2.84. The number of hydrogen-bond donors (Lipinski definition) is 3. The Hall–Kier alpha value is -1.96. The van der Waals surface area contributed by atoms with E-state index in [1.54, 1.807) is 0 Å². The maximum absolute atomic E-state index is 11.8. The lowest BCUT2D eigenvalue weighted by molar-refractivity contribution is -0.141.